The minimum atomic E-state index is -0.919. The second kappa shape index (κ2) is 2.57. The number of hydrogen-bond acceptors (Lipinski definition) is 4. The van der Waals surface area contributed by atoms with Gasteiger partial charge >= 0.3 is 5.69 Å². The molecule has 63 valence electrons. The number of benzene rings is 1. The van der Waals surface area contributed by atoms with Gasteiger partial charge in [-0.15, -0.1) is 0 Å². The molecule has 0 bridgehead atoms. The van der Waals surface area contributed by atoms with E-state index in [1.807, 2.05) is 0 Å². The van der Waals surface area contributed by atoms with E-state index in [0.29, 0.717) is 0 Å². The molecule has 1 aromatic rings. The lowest BCUT2D eigenvalue weighted by Crippen LogP contribution is -1.90. The third-order valence-electron chi connectivity index (χ3n) is 1.31. The molecule has 0 aromatic heterocycles. The number of nitro groups is 1. The zero-order valence-electron chi connectivity index (χ0n) is 5.81. The number of rotatable bonds is 1. The molecule has 0 spiro atoms. The quantitative estimate of drug-likeness (QED) is 0.282. The van der Waals surface area contributed by atoms with E-state index in [1.165, 1.54) is 0 Å². The van der Waals surface area contributed by atoms with Crippen molar-refractivity contribution in [3.63, 3.8) is 0 Å². The van der Waals surface area contributed by atoms with Gasteiger partial charge in [0.1, 0.15) is 5.69 Å². The van der Waals surface area contributed by atoms with Crippen LogP contribution in [0.3, 0.4) is 0 Å². The topological polar surface area (TPSA) is 107 Å². The van der Waals surface area contributed by atoms with Crippen LogP contribution in [0.2, 0.25) is 0 Å². The number of nitro benzene ring substituents is 1. The van der Waals surface area contributed by atoms with E-state index in [9.17, 15) is 10.1 Å². The molecule has 1 radical (unpaired) electrons. The highest BCUT2D eigenvalue weighted by Gasteiger charge is 2.21. The fraction of sp³-hybridized carbons (Fsp3) is 0. The third kappa shape index (κ3) is 1.09. The first-order valence-corrected chi connectivity index (χ1v) is 2.95. The second-order valence-electron chi connectivity index (χ2n) is 2.09. The molecular weight excluding hydrogens is 164 g/mol. The molecule has 12 heavy (non-hydrogen) atoms. The Morgan fingerprint density at radius 1 is 1.42 bits per heavy atom. The summed E-state index contributed by atoms with van der Waals surface area (Å²) >= 11 is 0. The van der Waals surface area contributed by atoms with Crippen LogP contribution in [0.25, 0.3) is 0 Å². The van der Waals surface area contributed by atoms with E-state index in [-0.39, 0.29) is 0 Å². The summed E-state index contributed by atoms with van der Waals surface area (Å²) in [6.07, 6.45) is 0. The van der Waals surface area contributed by atoms with Gasteiger partial charge in [0.15, 0.2) is 5.75 Å². The number of aromatic hydroxyl groups is 2. The van der Waals surface area contributed by atoms with Crippen LogP contribution >= 0.6 is 0 Å². The summed E-state index contributed by atoms with van der Waals surface area (Å²) in [5.74, 6) is -1.47. The summed E-state index contributed by atoms with van der Waals surface area (Å²) in [4.78, 5) is 9.29. The molecule has 1 aromatic carbocycles. The molecule has 6 nitrogen and oxygen atoms in total. The summed E-state index contributed by atoms with van der Waals surface area (Å²) in [5.41, 5.74) is 5.81. The molecule has 0 aliphatic carbocycles. The first-order chi connectivity index (χ1) is 5.54. The molecule has 0 aliphatic rings. The van der Waals surface area contributed by atoms with Gasteiger partial charge in [0.2, 0.25) is 5.75 Å². The molecule has 0 amide bonds. The molecule has 0 saturated carbocycles. The third-order valence-corrected chi connectivity index (χ3v) is 1.31. The predicted octanol–water partition coefficient (Wildman–Crippen LogP) is 0.920. The van der Waals surface area contributed by atoms with Crippen molar-refractivity contribution in [1.29, 1.82) is 0 Å². The van der Waals surface area contributed by atoms with Crippen LogP contribution in [0.4, 0.5) is 11.4 Å². The van der Waals surface area contributed by atoms with Gasteiger partial charge in [-0.1, -0.05) is 0 Å². The summed E-state index contributed by atoms with van der Waals surface area (Å²) in [6.45, 7) is 0. The molecule has 6 heteroatoms. The zero-order chi connectivity index (χ0) is 9.30. The van der Waals surface area contributed by atoms with Gasteiger partial charge in [-0.05, 0) is 12.1 Å². The monoisotopic (exact) mass is 169 g/mol. The van der Waals surface area contributed by atoms with Crippen molar-refractivity contribution in [2.75, 3.05) is 0 Å². The Morgan fingerprint density at radius 2 is 2.00 bits per heavy atom. The van der Waals surface area contributed by atoms with Crippen LogP contribution in [-0.4, -0.2) is 15.1 Å². The van der Waals surface area contributed by atoms with Crippen molar-refractivity contribution in [2.45, 2.75) is 0 Å². The molecule has 0 atom stereocenters. The first-order valence-electron chi connectivity index (χ1n) is 2.95. The SMILES string of the molecule is [NH]c1ccc(O)c(O)c1[N+](=O)[O-]. The molecule has 0 unspecified atom stereocenters. The summed E-state index contributed by atoms with van der Waals surface area (Å²) in [7, 11) is 0. The van der Waals surface area contributed by atoms with Crippen molar-refractivity contribution in [3.05, 3.63) is 22.2 Å². The van der Waals surface area contributed by atoms with E-state index < -0.39 is 27.8 Å². The van der Waals surface area contributed by atoms with Gasteiger partial charge in [-0.2, -0.15) is 0 Å². The van der Waals surface area contributed by atoms with Gasteiger partial charge in [0, 0.05) is 0 Å². The van der Waals surface area contributed by atoms with Gasteiger partial charge in [0.25, 0.3) is 0 Å². The smallest absolute Gasteiger partial charge is 0.339 e. The van der Waals surface area contributed by atoms with Crippen LogP contribution in [0.1, 0.15) is 0 Å². The van der Waals surface area contributed by atoms with E-state index in [1.54, 1.807) is 0 Å². The fourth-order valence-corrected chi connectivity index (χ4v) is 0.754. The Bertz CT molecular complexity index is 337. The van der Waals surface area contributed by atoms with Crippen LogP contribution in [0.5, 0.6) is 11.5 Å². The summed E-state index contributed by atoms with van der Waals surface area (Å²) < 4.78 is 0. The van der Waals surface area contributed by atoms with Crippen LogP contribution < -0.4 is 5.73 Å². The van der Waals surface area contributed by atoms with Gasteiger partial charge in [0.05, 0.1) is 4.92 Å². The maximum absolute atomic E-state index is 10.2. The number of phenolic OH excluding ortho intramolecular Hbond substituents is 2. The fourth-order valence-electron chi connectivity index (χ4n) is 0.754. The van der Waals surface area contributed by atoms with Gasteiger partial charge in [-0.25, -0.2) is 0 Å². The largest absolute Gasteiger partial charge is 0.504 e. The number of phenols is 2. The summed E-state index contributed by atoms with van der Waals surface area (Å²) in [5, 5.41) is 28.0. The highest BCUT2D eigenvalue weighted by atomic mass is 16.6. The highest BCUT2D eigenvalue weighted by Crippen LogP contribution is 2.39. The predicted molar refractivity (Wildman–Crippen MR) is 39.2 cm³/mol. The Hall–Kier alpha value is -1.98. The van der Waals surface area contributed by atoms with Crippen LogP contribution in [-0.2, 0) is 0 Å². The van der Waals surface area contributed by atoms with Crippen molar-refractivity contribution < 1.29 is 15.1 Å². The number of nitrogens with one attached hydrogen (secondary N) is 1. The van der Waals surface area contributed by atoms with Crippen molar-refractivity contribution in [3.8, 4) is 11.5 Å². The molecule has 3 N–H and O–H groups in total. The Balaban J connectivity index is 3.43. The zero-order valence-corrected chi connectivity index (χ0v) is 5.81. The minimum absolute atomic E-state index is 0.435. The lowest BCUT2D eigenvalue weighted by molar-refractivity contribution is -0.385. The number of nitrogens with zero attached hydrogens (tertiary/aromatic N) is 1. The van der Waals surface area contributed by atoms with Crippen molar-refractivity contribution in [1.82, 2.24) is 5.73 Å². The number of hydrogen-bond donors (Lipinski definition) is 2. The minimum Gasteiger partial charge on any atom is -0.504 e. The second-order valence-corrected chi connectivity index (χ2v) is 2.09. The first kappa shape index (κ1) is 8.12. The van der Waals surface area contributed by atoms with E-state index >= 15 is 0 Å². The molecule has 1 rings (SSSR count). The standard InChI is InChI=1S/C6H5N2O4/c7-3-1-2-4(9)6(10)5(3)8(11)12/h1-2,7,9-10H. The summed E-state index contributed by atoms with van der Waals surface area (Å²) in [6, 6.07) is 2.05. The maximum atomic E-state index is 10.2. The van der Waals surface area contributed by atoms with E-state index in [4.69, 9.17) is 15.9 Å². The lowest BCUT2D eigenvalue weighted by atomic mass is 10.2. The molecule has 0 saturated heterocycles. The average molecular weight is 169 g/mol. The Kier molecular flexibility index (Phi) is 1.74. The molecule has 0 fully saturated rings. The van der Waals surface area contributed by atoms with Gasteiger partial charge < -0.3 is 10.2 Å². The maximum Gasteiger partial charge on any atom is 0.339 e. The lowest BCUT2D eigenvalue weighted by Gasteiger charge is -1.99. The normalized spacial score (nSPS) is 9.67. The van der Waals surface area contributed by atoms with Gasteiger partial charge in [-0.3, -0.25) is 15.8 Å². The molecule has 0 aliphatic heterocycles. The average Bonchev–Trinajstić information content (AvgIpc) is 1.97. The van der Waals surface area contributed by atoms with Crippen LogP contribution in [0, 0.1) is 10.1 Å². The van der Waals surface area contributed by atoms with E-state index in [0.717, 1.165) is 12.1 Å². The highest BCUT2D eigenvalue weighted by molar-refractivity contribution is 5.67. The molecular formula is C6H5N2O4. The van der Waals surface area contributed by atoms with Crippen molar-refractivity contribution >= 4 is 11.4 Å². The van der Waals surface area contributed by atoms with Crippen molar-refractivity contribution in [2.24, 2.45) is 0 Å². The Labute approximate surface area is 67.0 Å². The van der Waals surface area contributed by atoms with Crippen LogP contribution in [0.15, 0.2) is 12.1 Å². The Morgan fingerprint density at radius 3 is 2.42 bits per heavy atom. The van der Waals surface area contributed by atoms with E-state index in [2.05, 4.69) is 0 Å². The molecule has 0 heterocycles.